The number of carbonyl (C=O) groups excluding carboxylic acids is 1. The minimum atomic E-state index is -0.768. The van der Waals surface area contributed by atoms with Crippen LogP contribution in [0.5, 0.6) is 0 Å². The van der Waals surface area contributed by atoms with Crippen LogP contribution in [-0.2, 0) is 4.79 Å². The van der Waals surface area contributed by atoms with Gasteiger partial charge in [0.15, 0.2) is 0 Å². The van der Waals surface area contributed by atoms with Crippen molar-refractivity contribution in [2.24, 2.45) is 5.73 Å². The van der Waals surface area contributed by atoms with Crippen molar-refractivity contribution in [3.05, 3.63) is 0 Å². The molecular weight excluding hydrogens is 120 g/mol. The molecule has 4 heteroatoms. The summed E-state index contributed by atoms with van der Waals surface area (Å²) in [6.45, 7) is 1.50. The third kappa shape index (κ3) is 3.66. The highest BCUT2D eigenvalue weighted by atomic mass is 16.3. The summed E-state index contributed by atoms with van der Waals surface area (Å²) in [5.41, 5.74) is 4.48. The second-order valence-electron chi connectivity index (χ2n) is 1.90. The first-order valence-electron chi connectivity index (χ1n) is 2.59. The van der Waals surface area contributed by atoms with Gasteiger partial charge in [0.25, 0.3) is 5.91 Å². The van der Waals surface area contributed by atoms with Gasteiger partial charge in [0.2, 0.25) is 0 Å². The van der Waals surface area contributed by atoms with Crippen molar-refractivity contribution < 1.29 is 9.90 Å². The zero-order valence-corrected chi connectivity index (χ0v) is 5.22. The molecule has 1 amide bonds. The van der Waals surface area contributed by atoms with E-state index in [4.69, 9.17) is 16.2 Å². The Bertz CT molecular complexity index is 131. The molecular formula is C5H10N2O2. The maximum absolute atomic E-state index is 10.1. The fourth-order valence-corrected chi connectivity index (χ4v) is 0.396. The molecule has 4 N–H and O–H groups in total. The molecule has 0 heterocycles. The van der Waals surface area contributed by atoms with Gasteiger partial charge in [-0.25, -0.2) is 0 Å². The number of amides is 1. The van der Waals surface area contributed by atoms with Crippen molar-refractivity contribution in [3.63, 3.8) is 0 Å². The molecule has 0 radical (unpaired) electrons. The summed E-state index contributed by atoms with van der Waals surface area (Å²) in [6.07, 6.45) is -0.625. The largest absolute Gasteiger partial charge is 0.393 e. The van der Waals surface area contributed by atoms with Crippen LogP contribution in [-0.4, -0.2) is 22.8 Å². The predicted molar refractivity (Wildman–Crippen MR) is 33.2 cm³/mol. The Morgan fingerprint density at radius 3 is 2.44 bits per heavy atom. The third-order valence-corrected chi connectivity index (χ3v) is 0.797. The molecule has 0 saturated carbocycles. The number of hydrogen-bond acceptors (Lipinski definition) is 3. The van der Waals surface area contributed by atoms with Crippen molar-refractivity contribution in [1.29, 1.82) is 5.41 Å². The standard InChI is InChI=1S/C5H10N2O2/c1-3(8)2-4(6)5(7)9/h3,6,8H,2H2,1H3,(H2,7,9). The van der Waals surface area contributed by atoms with Crippen molar-refractivity contribution in [2.45, 2.75) is 19.4 Å². The minimum Gasteiger partial charge on any atom is -0.393 e. The van der Waals surface area contributed by atoms with E-state index in [-0.39, 0.29) is 12.1 Å². The average Bonchev–Trinajstić information content (AvgIpc) is 1.63. The Balaban J connectivity index is 3.65. The Hall–Kier alpha value is -0.900. The molecule has 0 aliphatic carbocycles. The Morgan fingerprint density at radius 1 is 1.89 bits per heavy atom. The number of primary amides is 1. The molecule has 0 rings (SSSR count). The maximum atomic E-state index is 10.1. The van der Waals surface area contributed by atoms with Gasteiger partial charge in [-0.3, -0.25) is 10.2 Å². The topological polar surface area (TPSA) is 87.2 Å². The predicted octanol–water partition coefficient (Wildman–Crippen LogP) is -0.738. The number of rotatable bonds is 3. The van der Waals surface area contributed by atoms with Gasteiger partial charge in [0.05, 0.1) is 11.8 Å². The molecule has 0 spiro atoms. The lowest BCUT2D eigenvalue weighted by Crippen LogP contribution is -2.25. The second kappa shape index (κ2) is 3.19. The molecule has 0 aromatic carbocycles. The lowest BCUT2D eigenvalue weighted by molar-refractivity contribution is -0.112. The Morgan fingerprint density at radius 2 is 2.33 bits per heavy atom. The maximum Gasteiger partial charge on any atom is 0.262 e. The van der Waals surface area contributed by atoms with E-state index in [1.807, 2.05) is 0 Å². The molecule has 0 saturated heterocycles. The number of aliphatic hydroxyl groups is 1. The van der Waals surface area contributed by atoms with Gasteiger partial charge >= 0.3 is 0 Å². The van der Waals surface area contributed by atoms with Crippen LogP contribution in [0.2, 0.25) is 0 Å². The van der Waals surface area contributed by atoms with E-state index in [1.54, 1.807) is 0 Å². The van der Waals surface area contributed by atoms with Crippen LogP contribution in [0.4, 0.5) is 0 Å². The molecule has 0 aliphatic rings. The highest BCUT2D eigenvalue weighted by Crippen LogP contribution is 1.89. The lowest BCUT2D eigenvalue weighted by atomic mass is 10.2. The molecule has 0 aliphatic heterocycles. The zero-order chi connectivity index (χ0) is 7.44. The van der Waals surface area contributed by atoms with E-state index in [0.29, 0.717) is 0 Å². The SMILES string of the molecule is CC(O)CC(=N)C(N)=O. The highest BCUT2D eigenvalue weighted by molar-refractivity contribution is 6.37. The summed E-state index contributed by atoms with van der Waals surface area (Å²) in [6, 6.07) is 0. The normalized spacial score (nSPS) is 12.7. The van der Waals surface area contributed by atoms with Crippen LogP contribution < -0.4 is 5.73 Å². The van der Waals surface area contributed by atoms with Crippen LogP contribution in [0.25, 0.3) is 0 Å². The third-order valence-electron chi connectivity index (χ3n) is 0.797. The van der Waals surface area contributed by atoms with Gasteiger partial charge in [0.1, 0.15) is 0 Å². The fourth-order valence-electron chi connectivity index (χ4n) is 0.396. The quantitative estimate of drug-likeness (QED) is 0.439. The summed E-state index contributed by atoms with van der Waals surface area (Å²) >= 11 is 0. The summed E-state index contributed by atoms with van der Waals surface area (Å²) < 4.78 is 0. The highest BCUT2D eigenvalue weighted by Gasteiger charge is 2.06. The van der Waals surface area contributed by atoms with E-state index >= 15 is 0 Å². The summed E-state index contributed by atoms with van der Waals surface area (Å²) in [5, 5.41) is 15.5. The molecule has 0 bridgehead atoms. The van der Waals surface area contributed by atoms with Gasteiger partial charge in [-0.05, 0) is 6.92 Å². The van der Waals surface area contributed by atoms with Gasteiger partial charge in [-0.2, -0.15) is 0 Å². The van der Waals surface area contributed by atoms with E-state index in [1.165, 1.54) is 6.92 Å². The smallest absolute Gasteiger partial charge is 0.262 e. The summed E-state index contributed by atoms with van der Waals surface area (Å²) in [7, 11) is 0. The molecule has 0 aromatic rings. The van der Waals surface area contributed by atoms with Gasteiger partial charge in [0, 0.05) is 6.42 Å². The van der Waals surface area contributed by atoms with E-state index in [2.05, 4.69) is 0 Å². The summed E-state index contributed by atoms with van der Waals surface area (Å²) in [4.78, 5) is 10.1. The van der Waals surface area contributed by atoms with Crippen molar-refractivity contribution >= 4 is 11.6 Å². The Labute approximate surface area is 53.2 Å². The number of carbonyl (C=O) groups is 1. The van der Waals surface area contributed by atoms with E-state index in [0.717, 1.165) is 0 Å². The lowest BCUT2D eigenvalue weighted by Gasteiger charge is -2.00. The molecule has 4 nitrogen and oxygen atoms in total. The Kier molecular flexibility index (Phi) is 2.87. The van der Waals surface area contributed by atoms with E-state index < -0.39 is 12.0 Å². The first-order valence-corrected chi connectivity index (χ1v) is 2.59. The van der Waals surface area contributed by atoms with E-state index in [9.17, 15) is 4.79 Å². The summed E-state index contributed by atoms with van der Waals surface area (Å²) in [5.74, 6) is -0.768. The number of aliphatic hydroxyl groups excluding tert-OH is 1. The van der Waals surface area contributed by atoms with Crippen molar-refractivity contribution in [3.8, 4) is 0 Å². The molecule has 0 fully saturated rings. The van der Waals surface area contributed by atoms with Crippen LogP contribution in [0.3, 0.4) is 0 Å². The number of hydrogen-bond donors (Lipinski definition) is 3. The molecule has 1 atom stereocenters. The van der Waals surface area contributed by atoms with Crippen LogP contribution >= 0.6 is 0 Å². The van der Waals surface area contributed by atoms with Crippen LogP contribution in [0.15, 0.2) is 0 Å². The fraction of sp³-hybridized carbons (Fsp3) is 0.600. The first-order chi connectivity index (χ1) is 4.04. The minimum absolute atomic E-state index is 0.0370. The number of nitrogens with two attached hydrogens (primary N) is 1. The molecule has 9 heavy (non-hydrogen) atoms. The monoisotopic (exact) mass is 130 g/mol. The van der Waals surface area contributed by atoms with Gasteiger partial charge < -0.3 is 10.8 Å². The molecule has 1 unspecified atom stereocenters. The average molecular weight is 130 g/mol. The van der Waals surface area contributed by atoms with Crippen LogP contribution in [0, 0.1) is 5.41 Å². The van der Waals surface area contributed by atoms with Crippen LogP contribution in [0.1, 0.15) is 13.3 Å². The zero-order valence-electron chi connectivity index (χ0n) is 5.22. The first kappa shape index (κ1) is 8.10. The van der Waals surface area contributed by atoms with Crippen molar-refractivity contribution in [2.75, 3.05) is 0 Å². The molecule has 0 aromatic heterocycles. The second-order valence-corrected chi connectivity index (χ2v) is 1.90. The number of nitrogens with one attached hydrogen (secondary N) is 1. The van der Waals surface area contributed by atoms with Crippen molar-refractivity contribution in [1.82, 2.24) is 0 Å². The van der Waals surface area contributed by atoms with Gasteiger partial charge in [-0.1, -0.05) is 0 Å². The molecule has 52 valence electrons. The van der Waals surface area contributed by atoms with Gasteiger partial charge in [-0.15, -0.1) is 0 Å².